The van der Waals surface area contributed by atoms with Crippen molar-refractivity contribution >= 4 is 29.2 Å². The maximum atomic E-state index is 13.0. The summed E-state index contributed by atoms with van der Waals surface area (Å²) in [4.78, 5) is 31.7. The molecule has 0 spiro atoms. The van der Waals surface area contributed by atoms with Gasteiger partial charge in [-0.05, 0) is 49.6 Å². The minimum absolute atomic E-state index is 0.0308. The van der Waals surface area contributed by atoms with Gasteiger partial charge >= 0.3 is 0 Å². The molecule has 2 aliphatic heterocycles. The van der Waals surface area contributed by atoms with E-state index in [2.05, 4.69) is 10.3 Å². The van der Waals surface area contributed by atoms with Gasteiger partial charge in [0.05, 0.1) is 30.6 Å². The van der Waals surface area contributed by atoms with Crippen LogP contribution in [0.5, 0.6) is 11.5 Å². The molecule has 1 N–H and O–H groups in total. The number of benzene rings is 1. The molecule has 0 aliphatic carbocycles. The van der Waals surface area contributed by atoms with Crippen LogP contribution in [-0.4, -0.2) is 48.0 Å². The van der Waals surface area contributed by atoms with E-state index >= 15 is 0 Å². The number of nitrogens with zero attached hydrogens (tertiary/aromatic N) is 2. The molecule has 2 aromatic rings. The van der Waals surface area contributed by atoms with Crippen molar-refractivity contribution in [1.82, 2.24) is 9.88 Å². The van der Waals surface area contributed by atoms with Gasteiger partial charge < -0.3 is 19.7 Å². The van der Waals surface area contributed by atoms with E-state index < -0.39 is 0 Å². The summed E-state index contributed by atoms with van der Waals surface area (Å²) < 4.78 is 11.4. The normalized spacial score (nSPS) is 18.3. The minimum atomic E-state index is -0.257. The Morgan fingerprint density at radius 2 is 2.06 bits per heavy atom. The Balaban J connectivity index is 1.39. The number of carbonyl (C=O) groups is 2. The summed E-state index contributed by atoms with van der Waals surface area (Å²) in [5.74, 6) is 1.26. The van der Waals surface area contributed by atoms with Crippen molar-refractivity contribution in [3.63, 3.8) is 0 Å². The lowest BCUT2D eigenvalue weighted by Gasteiger charge is -2.32. The second kappa shape index (κ2) is 9.56. The predicted octanol–water partition coefficient (Wildman–Crippen LogP) is 3.62. The van der Waals surface area contributed by atoms with Gasteiger partial charge in [0.15, 0.2) is 11.5 Å². The molecule has 1 atom stereocenters. The summed E-state index contributed by atoms with van der Waals surface area (Å²) in [5.41, 5.74) is 1.61. The molecule has 8 heteroatoms. The molecule has 4 rings (SSSR count). The van der Waals surface area contributed by atoms with Crippen LogP contribution in [0.4, 0.5) is 5.82 Å². The molecule has 164 valence electrons. The van der Waals surface area contributed by atoms with Crippen molar-refractivity contribution in [1.29, 1.82) is 0 Å². The highest BCUT2D eigenvalue weighted by Crippen LogP contribution is 2.38. The first kappa shape index (κ1) is 21.4. The highest BCUT2D eigenvalue weighted by atomic mass is 35.5. The number of amides is 2. The molecule has 1 saturated heterocycles. The standard InChI is InChI=1S/C23H26ClN3O4/c1-15-5-2-7-20(25-15)26-23(29)17-6-3-8-27(14-17)21(28)13-16-11-18(24)22-19(12-16)30-9-4-10-31-22/h2,5,7,11-12,17H,3-4,6,8-10,13-14H2,1H3,(H,25,26,29)/t17-/m0/s1. The zero-order valence-electron chi connectivity index (χ0n) is 17.5. The fourth-order valence-corrected chi connectivity index (χ4v) is 4.22. The Morgan fingerprint density at radius 1 is 1.23 bits per heavy atom. The van der Waals surface area contributed by atoms with Crippen LogP contribution in [0.25, 0.3) is 0 Å². The molecule has 0 bridgehead atoms. The third-order valence-electron chi connectivity index (χ3n) is 5.50. The fraction of sp³-hybridized carbons (Fsp3) is 0.435. The van der Waals surface area contributed by atoms with Crippen molar-refractivity contribution in [2.24, 2.45) is 5.92 Å². The number of nitrogens with one attached hydrogen (secondary N) is 1. The lowest BCUT2D eigenvalue weighted by atomic mass is 9.96. The Labute approximate surface area is 186 Å². The smallest absolute Gasteiger partial charge is 0.230 e. The molecule has 31 heavy (non-hydrogen) atoms. The number of pyridine rings is 1. The van der Waals surface area contributed by atoms with Crippen LogP contribution >= 0.6 is 11.6 Å². The van der Waals surface area contributed by atoms with E-state index in [1.165, 1.54) is 0 Å². The first-order valence-electron chi connectivity index (χ1n) is 10.6. The lowest BCUT2D eigenvalue weighted by Crippen LogP contribution is -2.44. The molecule has 0 unspecified atom stereocenters. The fourth-order valence-electron chi connectivity index (χ4n) is 3.93. The van der Waals surface area contributed by atoms with Crippen LogP contribution in [0, 0.1) is 12.8 Å². The average molecular weight is 444 g/mol. The number of hydrogen-bond donors (Lipinski definition) is 1. The Hall–Kier alpha value is -2.80. The van der Waals surface area contributed by atoms with Gasteiger partial charge in [-0.3, -0.25) is 9.59 Å². The number of carbonyl (C=O) groups excluding carboxylic acids is 2. The van der Waals surface area contributed by atoms with Crippen LogP contribution in [0.3, 0.4) is 0 Å². The molecular weight excluding hydrogens is 418 g/mol. The van der Waals surface area contributed by atoms with E-state index in [9.17, 15) is 9.59 Å². The number of hydrogen-bond acceptors (Lipinski definition) is 5. The molecule has 1 aromatic carbocycles. The van der Waals surface area contributed by atoms with Gasteiger partial charge in [-0.15, -0.1) is 0 Å². The Kier molecular flexibility index (Phi) is 6.61. The highest BCUT2D eigenvalue weighted by molar-refractivity contribution is 6.32. The van der Waals surface area contributed by atoms with E-state index in [4.69, 9.17) is 21.1 Å². The number of fused-ring (bicyclic) bond motifs is 1. The van der Waals surface area contributed by atoms with Crippen molar-refractivity contribution < 1.29 is 19.1 Å². The lowest BCUT2D eigenvalue weighted by molar-refractivity contribution is -0.133. The van der Waals surface area contributed by atoms with E-state index in [-0.39, 0.29) is 24.2 Å². The summed E-state index contributed by atoms with van der Waals surface area (Å²) in [7, 11) is 0. The summed E-state index contributed by atoms with van der Waals surface area (Å²) in [6.45, 7) is 4.03. The Bertz CT molecular complexity index is 981. The van der Waals surface area contributed by atoms with E-state index in [0.29, 0.717) is 48.6 Å². The molecule has 3 heterocycles. The third kappa shape index (κ3) is 5.28. The van der Waals surface area contributed by atoms with Gasteiger partial charge in [0.25, 0.3) is 0 Å². The topological polar surface area (TPSA) is 80.8 Å². The summed E-state index contributed by atoms with van der Waals surface area (Å²) >= 11 is 6.35. The number of piperidine rings is 1. The van der Waals surface area contributed by atoms with Gasteiger partial charge in [-0.2, -0.15) is 0 Å². The van der Waals surface area contributed by atoms with Gasteiger partial charge in [-0.1, -0.05) is 17.7 Å². The van der Waals surface area contributed by atoms with Crippen LogP contribution in [-0.2, 0) is 16.0 Å². The van der Waals surface area contributed by atoms with Gasteiger partial charge in [-0.25, -0.2) is 4.98 Å². The molecule has 1 fully saturated rings. The molecule has 7 nitrogen and oxygen atoms in total. The zero-order chi connectivity index (χ0) is 21.8. The SMILES string of the molecule is Cc1cccc(NC(=O)[C@H]2CCCN(C(=O)Cc3cc(Cl)c4c(c3)OCCCO4)C2)n1. The van der Waals surface area contributed by atoms with Crippen molar-refractivity contribution in [2.75, 3.05) is 31.6 Å². The van der Waals surface area contributed by atoms with Crippen molar-refractivity contribution in [3.8, 4) is 11.5 Å². The molecule has 1 aromatic heterocycles. The average Bonchev–Trinajstić information content (AvgIpc) is 3.00. The van der Waals surface area contributed by atoms with E-state index in [0.717, 1.165) is 30.5 Å². The second-order valence-electron chi connectivity index (χ2n) is 7.96. The third-order valence-corrected chi connectivity index (χ3v) is 5.78. The number of aromatic nitrogens is 1. The number of anilines is 1. The molecular formula is C23H26ClN3O4. The minimum Gasteiger partial charge on any atom is -0.489 e. The van der Waals surface area contributed by atoms with E-state index in [1.807, 2.05) is 25.1 Å². The molecule has 0 saturated carbocycles. The van der Waals surface area contributed by atoms with Gasteiger partial charge in [0.1, 0.15) is 5.82 Å². The van der Waals surface area contributed by atoms with Crippen LogP contribution in [0.15, 0.2) is 30.3 Å². The van der Waals surface area contributed by atoms with Crippen LogP contribution in [0.2, 0.25) is 5.02 Å². The molecule has 2 aliphatic rings. The highest BCUT2D eigenvalue weighted by Gasteiger charge is 2.29. The Morgan fingerprint density at radius 3 is 2.90 bits per heavy atom. The summed E-state index contributed by atoms with van der Waals surface area (Å²) in [6, 6.07) is 9.08. The zero-order valence-corrected chi connectivity index (χ0v) is 18.3. The van der Waals surface area contributed by atoms with Crippen molar-refractivity contribution in [2.45, 2.75) is 32.6 Å². The van der Waals surface area contributed by atoms with Gasteiger partial charge in [0, 0.05) is 25.2 Å². The molecule has 2 amide bonds. The van der Waals surface area contributed by atoms with Crippen LogP contribution in [0.1, 0.15) is 30.5 Å². The maximum Gasteiger partial charge on any atom is 0.230 e. The first-order valence-corrected chi connectivity index (χ1v) is 11.0. The second-order valence-corrected chi connectivity index (χ2v) is 8.37. The monoisotopic (exact) mass is 443 g/mol. The number of likely N-dealkylation sites (tertiary alicyclic amines) is 1. The van der Waals surface area contributed by atoms with Crippen molar-refractivity contribution in [3.05, 3.63) is 46.6 Å². The summed E-state index contributed by atoms with van der Waals surface area (Å²) in [5, 5.41) is 3.32. The van der Waals surface area contributed by atoms with Crippen LogP contribution < -0.4 is 14.8 Å². The number of ether oxygens (including phenoxy) is 2. The largest absolute Gasteiger partial charge is 0.489 e. The molecule has 0 radical (unpaired) electrons. The summed E-state index contributed by atoms with van der Waals surface area (Å²) in [6.07, 6.45) is 2.52. The quantitative estimate of drug-likeness (QED) is 0.780. The number of halogens is 1. The van der Waals surface area contributed by atoms with Gasteiger partial charge in [0.2, 0.25) is 11.8 Å². The maximum absolute atomic E-state index is 13.0. The van der Waals surface area contributed by atoms with E-state index in [1.54, 1.807) is 17.0 Å². The number of aryl methyl sites for hydroxylation is 1. The first-order chi connectivity index (χ1) is 15.0. The predicted molar refractivity (Wildman–Crippen MR) is 118 cm³/mol. The number of rotatable bonds is 4.